The van der Waals surface area contributed by atoms with E-state index in [2.05, 4.69) is 24.1 Å². The van der Waals surface area contributed by atoms with Crippen LogP contribution in [0.25, 0.3) is 0 Å². The Balaban J connectivity index is 2.37. The van der Waals surface area contributed by atoms with Gasteiger partial charge in [-0.05, 0) is 33.2 Å². The molecule has 1 N–H and O–H groups in total. The van der Waals surface area contributed by atoms with Crippen LogP contribution in [0.5, 0.6) is 0 Å². The van der Waals surface area contributed by atoms with E-state index in [9.17, 15) is 0 Å². The van der Waals surface area contributed by atoms with Crippen molar-refractivity contribution in [1.82, 2.24) is 10.2 Å². The topological polar surface area (TPSA) is 24.5 Å². The van der Waals surface area contributed by atoms with E-state index in [0.717, 1.165) is 39.2 Å². The van der Waals surface area contributed by atoms with E-state index in [-0.39, 0.29) is 0 Å². The molecular weight excluding hydrogens is 176 g/mol. The first-order chi connectivity index (χ1) is 6.67. The Morgan fingerprint density at radius 1 is 1.36 bits per heavy atom. The molecule has 1 aliphatic heterocycles. The Kier molecular flexibility index (Phi) is 4.85. The van der Waals surface area contributed by atoms with Gasteiger partial charge in [0.2, 0.25) is 0 Å². The largest absolute Gasteiger partial charge is 0.385 e. The smallest absolute Gasteiger partial charge is 0.0474 e. The van der Waals surface area contributed by atoms with Crippen molar-refractivity contribution in [3.63, 3.8) is 0 Å². The van der Waals surface area contributed by atoms with Gasteiger partial charge in [0.1, 0.15) is 0 Å². The summed E-state index contributed by atoms with van der Waals surface area (Å²) in [6.07, 6.45) is 2.37. The minimum atomic E-state index is 0.344. The summed E-state index contributed by atoms with van der Waals surface area (Å²) in [5.74, 6) is 0. The number of nitrogens with zero attached hydrogens (tertiary/aromatic N) is 1. The molecule has 84 valence electrons. The molecule has 0 bridgehead atoms. The third kappa shape index (κ3) is 3.56. The molecule has 1 saturated heterocycles. The first-order valence-corrected chi connectivity index (χ1v) is 5.61. The summed E-state index contributed by atoms with van der Waals surface area (Å²) >= 11 is 0. The Morgan fingerprint density at radius 3 is 2.86 bits per heavy atom. The summed E-state index contributed by atoms with van der Waals surface area (Å²) in [6.45, 7) is 10.1. The van der Waals surface area contributed by atoms with E-state index in [4.69, 9.17) is 4.74 Å². The summed E-state index contributed by atoms with van der Waals surface area (Å²) in [4.78, 5) is 2.58. The average molecular weight is 200 g/mol. The van der Waals surface area contributed by atoms with E-state index in [1.165, 1.54) is 6.42 Å². The minimum Gasteiger partial charge on any atom is -0.385 e. The number of hydrogen-bond donors (Lipinski definition) is 1. The van der Waals surface area contributed by atoms with Gasteiger partial charge in [0.05, 0.1) is 0 Å². The van der Waals surface area contributed by atoms with Crippen molar-refractivity contribution < 1.29 is 4.74 Å². The lowest BCUT2D eigenvalue weighted by molar-refractivity contribution is 0.107. The molecule has 0 aromatic rings. The van der Waals surface area contributed by atoms with Gasteiger partial charge in [-0.1, -0.05) is 0 Å². The van der Waals surface area contributed by atoms with Crippen LogP contribution in [0.15, 0.2) is 0 Å². The Morgan fingerprint density at radius 2 is 2.14 bits per heavy atom. The lowest BCUT2D eigenvalue weighted by Gasteiger charge is -2.36. The summed E-state index contributed by atoms with van der Waals surface area (Å²) in [5, 5.41) is 3.45. The van der Waals surface area contributed by atoms with Gasteiger partial charge in [0, 0.05) is 38.9 Å². The predicted octanol–water partition coefficient (Wildman–Crippen LogP) is 1.10. The van der Waals surface area contributed by atoms with E-state index >= 15 is 0 Å². The second-order valence-corrected chi connectivity index (χ2v) is 4.65. The van der Waals surface area contributed by atoms with Crippen LogP contribution in [-0.4, -0.2) is 50.3 Å². The van der Waals surface area contributed by atoms with Crippen molar-refractivity contribution in [3.8, 4) is 0 Å². The number of nitrogens with one attached hydrogen (secondary N) is 1. The average Bonchev–Trinajstić information content (AvgIpc) is 2.29. The van der Waals surface area contributed by atoms with Crippen molar-refractivity contribution in [2.75, 3.05) is 39.9 Å². The SMILES string of the molecule is COCCCN1CCNCCC1(C)C. The molecule has 0 aromatic carbocycles. The van der Waals surface area contributed by atoms with E-state index in [1.54, 1.807) is 7.11 Å². The fourth-order valence-corrected chi connectivity index (χ4v) is 2.01. The van der Waals surface area contributed by atoms with Gasteiger partial charge in [0.25, 0.3) is 0 Å². The quantitative estimate of drug-likeness (QED) is 0.688. The molecule has 14 heavy (non-hydrogen) atoms. The third-order valence-electron chi connectivity index (χ3n) is 3.10. The van der Waals surface area contributed by atoms with Gasteiger partial charge in [-0.2, -0.15) is 0 Å². The molecule has 0 radical (unpaired) electrons. The number of methoxy groups -OCH3 is 1. The van der Waals surface area contributed by atoms with Gasteiger partial charge < -0.3 is 10.1 Å². The van der Waals surface area contributed by atoms with Crippen molar-refractivity contribution >= 4 is 0 Å². The van der Waals surface area contributed by atoms with Gasteiger partial charge in [-0.25, -0.2) is 0 Å². The first-order valence-electron chi connectivity index (χ1n) is 5.61. The molecule has 1 aliphatic rings. The van der Waals surface area contributed by atoms with Crippen LogP contribution < -0.4 is 5.32 Å². The fourth-order valence-electron chi connectivity index (χ4n) is 2.01. The van der Waals surface area contributed by atoms with E-state index in [1.807, 2.05) is 0 Å². The van der Waals surface area contributed by atoms with Gasteiger partial charge >= 0.3 is 0 Å². The maximum absolute atomic E-state index is 5.09. The Labute approximate surface area is 87.8 Å². The molecule has 1 heterocycles. The standard InChI is InChI=1S/C11H24N2O/c1-11(2)5-6-12-7-9-13(11)8-4-10-14-3/h12H,4-10H2,1-3H3. The molecule has 0 atom stereocenters. The summed E-state index contributed by atoms with van der Waals surface area (Å²) in [5.41, 5.74) is 0.344. The zero-order chi connectivity index (χ0) is 10.4. The van der Waals surface area contributed by atoms with Crippen LogP contribution in [0.1, 0.15) is 26.7 Å². The molecule has 1 fully saturated rings. The van der Waals surface area contributed by atoms with Crippen molar-refractivity contribution in [2.45, 2.75) is 32.2 Å². The molecule has 0 saturated carbocycles. The highest BCUT2D eigenvalue weighted by Gasteiger charge is 2.27. The second kappa shape index (κ2) is 5.69. The van der Waals surface area contributed by atoms with E-state index < -0.39 is 0 Å². The summed E-state index contributed by atoms with van der Waals surface area (Å²) < 4.78 is 5.09. The maximum Gasteiger partial charge on any atom is 0.0474 e. The zero-order valence-corrected chi connectivity index (χ0v) is 9.81. The van der Waals surface area contributed by atoms with Crippen LogP contribution in [-0.2, 0) is 4.74 Å². The molecule has 0 amide bonds. The maximum atomic E-state index is 5.09. The molecular formula is C11H24N2O. The van der Waals surface area contributed by atoms with E-state index in [0.29, 0.717) is 5.54 Å². The zero-order valence-electron chi connectivity index (χ0n) is 9.81. The monoisotopic (exact) mass is 200 g/mol. The second-order valence-electron chi connectivity index (χ2n) is 4.65. The van der Waals surface area contributed by atoms with Gasteiger partial charge in [-0.15, -0.1) is 0 Å². The van der Waals surface area contributed by atoms with Crippen LogP contribution in [0.4, 0.5) is 0 Å². The summed E-state index contributed by atoms with van der Waals surface area (Å²) in [7, 11) is 1.77. The molecule has 1 rings (SSSR count). The molecule has 0 aromatic heterocycles. The molecule has 3 heteroatoms. The Bertz CT molecular complexity index is 159. The number of ether oxygens (including phenoxy) is 1. The highest BCUT2D eigenvalue weighted by atomic mass is 16.5. The van der Waals surface area contributed by atoms with Crippen molar-refractivity contribution in [1.29, 1.82) is 0 Å². The van der Waals surface area contributed by atoms with Gasteiger partial charge in [0.15, 0.2) is 0 Å². The van der Waals surface area contributed by atoms with Crippen molar-refractivity contribution in [2.24, 2.45) is 0 Å². The molecule has 0 spiro atoms. The fraction of sp³-hybridized carbons (Fsp3) is 1.00. The first kappa shape index (κ1) is 12.0. The lowest BCUT2D eigenvalue weighted by atomic mass is 9.98. The van der Waals surface area contributed by atoms with Crippen LogP contribution in [0.2, 0.25) is 0 Å². The third-order valence-corrected chi connectivity index (χ3v) is 3.10. The van der Waals surface area contributed by atoms with Crippen molar-refractivity contribution in [3.05, 3.63) is 0 Å². The van der Waals surface area contributed by atoms with Crippen LogP contribution in [0, 0.1) is 0 Å². The lowest BCUT2D eigenvalue weighted by Crippen LogP contribution is -2.45. The van der Waals surface area contributed by atoms with Crippen LogP contribution >= 0.6 is 0 Å². The normalized spacial score (nSPS) is 23.4. The summed E-state index contributed by atoms with van der Waals surface area (Å²) in [6, 6.07) is 0. The number of hydrogen-bond acceptors (Lipinski definition) is 3. The van der Waals surface area contributed by atoms with Crippen LogP contribution in [0.3, 0.4) is 0 Å². The van der Waals surface area contributed by atoms with Gasteiger partial charge in [-0.3, -0.25) is 4.90 Å². The Hall–Kier alpha value is -0.120. The molecule has 0 unspecified atom stereocenters. The highest BCUT2D eigenvalue weighted by molar-refractivity contribution is 4.85. The predicted molar refractivity (Wildman–Crippen MR) is 59.6 cm³/mol. The number of rotatable bonds is 4. The highest BCUT2D eigenvalue weighted by Crippen LogP contribution is 2.19. The molecule has 0 aliphatic carbocycles. The molecule has 3 nitrogen and oxygen atoms in total. The minimum absolute atomic E-state index is 0.344.